The third kappa shape index (κ3) is 21.7. The van der Waals surface area contributed by atoms with Gasteiger partial charge < -0.3 is 167 Å². The first-order valence-electron chi connectivity index (χ1n) is 42.9. The van der Waals surface area contributed by atoms with Gasteiger partial charge in [-0.15, -0.1) is 0 Å². The van der Waals surface area contributed by atoms with Crippen molar-refractivity contribution in [1.29, 1.82) is 0 Å². The lowest BCUT2D eigenvalue weighted by molar-refractivity contribution is -0.284. The molecule has 0 saturated carbocycles. The van der Waals surface area contributed by atoms with E-state index in [2.05, 4.69) is 61.7 Å². The van der Waals surface area contributed by atoms with Gasteiger partial charge in [0.1, 0.15) is 156 Å². The molecular formula is C90H99Cl2N9O34. The number of carbonyl (C=O) groups excluding carboxylic acids is 9. The van der Waals surface area contributed by atoms with Gasteiger partial charge in [-0.1, -0.05) is 87.0 Å². The predicted octanol–water partition coefficient (Wildman–Crippen LogP) is 1.20. The highest BCUT2D eigenvalue weighted by molar-refractivity contribution is 6.32. The molecule has 135 heavy (non-hydrogen) atoms. The van der Waals surface area contributed by atoms with Crippen molar-refractivity contribution in [2.75, 3.05) is 19.8 Å². The van der Waals surface area contributed by atoms with Crippen LogP contribution in [0.2, 0.25) is 10.0 Å². The lowest BCUT2D eigenvalue weighted by atomic mass is 9.89. The van der Waals surface area contributed by atoms with Crippen LogP contribution in [-0.4, -0.2) is 260 Å². The number of carboxylic acid groups (broad SMARTS) is 1. The monoisotopic (exact) mass is 1920 g/mol. The molecule has 16 rings (SSSR count). The number of aliphatic hydroxyl groups is 10. The molecule has 23 atom stereocenters. The summed E-state index contributed by atoms with van der Waals surface area (Å²) < 4.78 is 57.6. The van der Waals surface area contributed by atoms with E-state index in [0.29, 0.717) is 18.8 Å². The summed E-state index contributed by atoms with van der Waals surface area (Å²) in [6.07, 6.45) is -26.1. The third-order valence-electron chi connectivity index (χ3n) is 23.7. The van der Waals surface area contributed by atoms with E-state index in [0.717, 1.165) is 124 Å². The molecule has 722 valence electrons. The number of phenols is 4. The summed E-state index contributed by atoms with van der Waals surface area (Å²) >= 11 is 14.8. The molecule has 3 saturated heterocycles. The molecule has 9 aliphatic rings. The Labute approximate surface area is 776 Å². The lowest BCUT2D eigenvalue weighted by Crippen LogP contribution is -2.65. The molecule has 9 heterocycles. The first-order chi connectivity index (χ1) is 64.3. The SMILES string of the molecule is CC(=O)N[C@H]1[C@H](O[C@@H]2c3ccc(c(Cl)c3)Oc3cc4cc(c3O[C@@H]3O[C@H](CO)[C@@H](O)[C@H](O)[C@H]3NC(=O)CCCCCCC(C)C)Oc3ccc(cc3Cl)C[C@H]3NC(=O)[C@@H]([15NH]C(C)=O)c5ccc(O)c(c5)Oc5cc(O)cc(c5)[C@H](NC3=O)C(=O)N[C@H]4C(=O)N[C@H]3C(=O)N[C@@H]2C(=O)N[C@H](C(=O)O)c2cc(O)cc(O[C@H]4O[C@H](CO)[C@@H](O)[C@H](O)[C@@H]4O)c2-c2cc3ccc2O)O[C@H](CO)[C@@H](O)[C@@H]1O. The first kappa shape index (κ1) is 98.5. The number of carboxylic acids is 1. The fourth-order valence-corrected chi connectivity index (χ4v) is 17.3. The van der Waals surface area contributed by atoms with Gasteiger partial charge in [0.05, 0.1) is 29.9 Å². The molecule has 7 aromatic rings. The van der Waals surface area contributed by atoms with E-state index in [1.165, 1.54) is 24.3 Å². The maximum Gasteiger partial charge on any atom is 0.330 e. The average Bonchev–Trinajstić information content (AvgIpc) is 0.753. The molecule has 7 aromatic carbocycles. The number of unbranched alkanes of at least 4 members (excludes halogenated alkanes) is 3. The van der Waals surface area contributed by atoms with Crippen LogP contribution in [0.1, 0.15) is 141 Å². The quantitative estimate of drug-likeness (QED) is 0.0376. The van der Waals surface area contributed by atoms with E-state index in [4.69, 9.17) is 65.8 Å². The number of ether oxygens (including phenoxy) is 9. The average molecular weight is 1920 g/mol. The Morgan fingerprint density at radius 2 is 1.02 bits per heavy atom. The number of phenolic OH excluding ortho intramolecular Hbond substituents is 4. The zero-order chi connectivity index (χ0) is 97.1. The molecule has 0 radical (unpaired) electrons. The number of aromatic hydroxyl groups is 4. The minimum absolute atomic E-state index is 0.0333. The molecule has 0 unspecified atom stereocenters. The number of benzene rings is 7. The number of nitrogens with one attached hydrogen (secondary N) is 9. The van der Waals surface area contributed by atoms with Gasteiger partial charge in [0, 0.05) is 55.5 Å². The summed E-state index contributed by atoms with van der Waals surface area (Å²) in [6.45, 7) is 3.01. The van der Waals surface area contributed by atoms with Crippen molar-refractivity contribution in [3.8, 4) is 80.1 Å². The van der Waals surface area contributed by atoms with Gasteiger partial charge in [-0.3, -0.25) is 43.2 Å². The Morgan fingerprint density at radius 3 is 1.64 bits per heavy atom. The molecule has 17 bridgehead atoms. The van der Waals surface area contributed by atoms with Gasteiger partial charge in [0.15, 0.2) is 35.3 Å². The minimum atomic E-state index is -2.60. The zero-order valence-electron chi connectivity index (χ0n) is 72.1. The van der Waals surface area contributed by atoms with Gasteiger partial charge >= 0.3 is 5.97 Å². The number of amides is 9. The normalized spacial score (nSPS) is 28.5. The van der Waals surface area contributed by atoms with Crippen LogP contribution in [0.25, 0.3) is 11.1 Å². The fraction of sp³-hybridized carbons (Fsp3) is 0.422. The molecule has 0 aliphatic carbocycles. The van der Waals surface area contributed by atoms with Crippen LogP contribution in [-0.2, 0) is 73.3 Å². The van der Waals surface area contributed by atoms with Gasteiger partial charge in [-0.2, -0.15) is 0 Å². The summed E-state index contributed by atoms with van der Waals surface area (Å²) in [6, 6.07) is 0.0802. The van der Waals surface area contributed by atoms with E-state index < -0.39 is 333 Å². The second kappa shape index (κ2) is 41.8. The smallest absolute Gasteiger partial charge is 0.330 e. The van der Waals surface area contributed by atoms with E-state index in [1.54, 1.807) is 0 Å². The van der Waals surface area contributed by atoms with Crippen molar-refractivity contribution in [2.45, 2.75) is 213 Å². The topological polar surface area (TPSA) is 665 Å². The van der Waals surface area contributed by atoms with Crippen LogP contribution >= 0.6 is 23.2 Å². The summed E-state index contributed by atoms with van der Waals surface area (Å²) in [5.41, 5.74) is -4.00. The second-order valence-electron chi connectivity index (χ2n) is 33.8. The Balaban J connectivity index is 1.04. The zero-order valence-corrected chi connectivity index (χ0v) is 73.6. The van der Waals surface area contributed by atoms with Crippen molar-refractivity contribution in [3.05, 3.63) is 164 Å². The van der Waals surface area contributed by atoms with Crippen molar-refractivity contribution >= 4 is 82.3 Å². The van der Waals surface area contributed by atoms with Crippen LogP contribution in [0.15, 0.2) is 115 Å². The standard InChI is InChI=1S/C90H99Cl2N9O34/c1-34(2)9-7-5-6-8-10-62(111)96-70-76(116)73(113)60(32-103)132-89(70)135-80-57-26-42-27-58(80)129-54-18-14-40(24-49(54)92)79(134-88-69(94-36(4)106)75(115)72(112)59(31-102)131-88)71-86(124)100-68(87(125)126)47-29-44(108)30-56(130-90-78(118)77(117)74(114)61(33-104)133-90)63(47)46-23-38(12-15-51(46)109)65(83(121)101-71)98-85(123)67(42)99-84(122)66-41-21-43(107)28-45(22-41)127-55-25-39(13-16-52(55)110)64(93-35(3)105)82(120)95-50(81(119)97-66)20-37-11-17-53(128-57)48(91)19-37/h11-19,21-30,34,50,59-61,64-79,88-90,102-104,107-110,112-118H,5-10,20,31-33H2,1-4H3,(H,93,105)(H,94,106)(H,95,120)(H,96,111)(H,97,119)(H,98,123)(H,99,122)(H,100,124)(H,101,121)(H,125,126)/t50-,59-,60-,61-,64+,65-,66+,67-,68+,69-,70-,71+,72-,73-,74-,75-,76-,77+,78+,79-,88+,89+,90+/m1/s1/i93+1. The molecule has 43 nitrogen and oxygen atoms in total. The number of fused-ring (bicyclic) bond motifs is 14. The summed E-state index contributed by atoms with van der Waals surface area (Å²) in [5.74, 6) is -20.4. The molecule has 45 heteroatoms. The van der Waals surface area contributed by atoms with Gasteiger partial charge in [-0.05, 0) is 125 Å². The summed E-state index contributed by atoms with van der Waals surface area (Å²) in [7, 11) is 0. The second-order valence-corrected chi connectivity index (χ2v) is 34.7. The van der Waals surface area contributed by atoms with Gasteiger partial charge in [-0.25, -0.2) is 4.79 Å². The van der Waals surface area contributed by atoms with Gasteiger partial charge in [0.2, 0.25) is 71.5 Å². The van der Waals surface area contributed by atoms with Crippen LogP contribution in [0.3, 0.4) is 0 Å². The molecule has 24 N–H and O–H groups in total. The van der Waals surface area contributed by atoms with E-state index in [9.17, 15) is 95.8 Å². The number of aliphatic carboxylic acids is 1. The Morgan fingerprint density at radius 1 is 0.474 bits per heavy atom. The van der Waals surface area contributed by atoms with Gasteiger partial charge in [0.25, 0.3) is 0 Å². The maximum atomic E-state index is 17.1. The number of hydrogen-bond acceptors (Lipinski definition) is 33. The van der Waals surface area contributed by atoms with Crippen molar-refractivity contribution in [2.24, 2.45) is 5.92 Å². The van der Waals surface area contributed by atoms with E-state index in [-0.39, 0.29) is 28.3 Å². The number of carbonyl (C=O) groups is 10. The largest absolute Gasteiger partial charge is 0.508 e. The Hall–Kier alpha value is -12.5. The third-order valence-corrected chi connectivity index (χ3v) is 24.3. The van der Waals surface area contributed by atoms with Crippen molar-refractivity contribution < 1.29 is 167 Å². The molecular weight excluding hydrogens is 1820 g/mol. The summed E-state index contributed by atoms with van der Waals surface area (Å²) in [4.78, 5) is 152. The Bertz CT molecular complexity index is 5700. The molecule has 0 aromatic heterocycles. The fourth-order valence-electron chi connectivity index (χ4n) is 16.8. The first-order valence-corrected chi connectivity index (χ1v) is 43.6. The highest BCUT2D eigenvalue weighted by Crippen LogP contribution is 2.51. The lowest BCUT2D eigenvalue weighted by Gasteiger charge is -2.44. The number of rotatable bonds is 20. The molecule has 0 spiro atoms. The maximum absolute atomic E-state index is 17.1. The van der Waals surface area contributed by atoms with Crippen molar-refractivity contribution in [3.63, 3.8) is 0 Å². The number of aliphatic hydroxyl groups excluding tert-OH is 10. The van der Waals surface area contributed by atoms with Crippen LogP contribution in [0.4, 0.5) is 0 Å². The highest BCUT2D eigenvalue weighted by Gasteiger charge is 2.52. The number of halogens is 2. The van der Waals surface area contributed by atoms with Crippen LogP contribution in [0, 0.1) is 5.92 Å². The predicted molar refractivity (Wildman–Crippen MR) is 463 cm³/mol. The molecule has 3 fully saturated rings. The summed E-state index contributed by atoms with van der Waals surface area (Å²) in [5, 5.41) is 193. The highest BCUT2D eigenvalue weighted by atomic mass is 35.5. The molecule has 9 amide bonds. The Kier molecular flexibility index (Phi) is 30.4. The van der Waals surface area contributed by atoms with E-state index >= 15 is 28.8 Å². The van der Waals surface area contributed by atoms with Crippen molar-refractivity contribution in [1.82, 2.24) is 47.9 Å². The number of hydrogen-bond donors (Lipinski definition) is 24. The molecule has 9 aliphatic heterocycles. The van der Waals surface area contributed by atoms with Crippen LogP contribution < -0.4 is 71.5 Å². The van der Waals surface area contributed by atoms with E-state index in [1.807, 2.05) is 0 Å². The van der Waals surface area contributed by atoms with Crippen LogP contribution in [0.5, 0.6) is 69.0 Å². The minimum Gasteiger partial charge on any atom is -0.508 e.